The Balaban J connectivity index is 2.38. The van der Waals surface area contributed by atoms with Crippen molar-refractivity contribution in [2.75, 3.05) is 0 Å². The van der Waals surface area contributed by atoms with Gasteiger partial charge in [-0.15, -0.1) is 0 Å². The minimum absolute atomic E-state index is 0.756. The zero-order chi connectivity index (χ0) is 11.8. The second kappa shape index (κ2) is 3.70. The highest BCUT2D eigenvalue weighted by molar-refractivity contribution is 5.65. The Morgan fingerprint density at radius 1 is 1.06 bits per heavy atom. The van der Waals surface area contributed by atoms with Gasteiger partial charge in [0.15, 0.2) is 0 Å². The summed E-state index contributed by atoms with van der Waals surface area (Å²) < 4.78 is 2.06. The highest BCUT2D eigenvalue weighted by atomic mass is 15.1. The predicted molar refractivity (Wildman–Crippen MR) is 67.9 cm³/mol. The average molecular weight is 223 g/mol. The largest absolute Gasteiger partial charge is 0.283 e. The first-order valence-corrected chi connectivity index (χ1v) is 5.62. The summed E-state index contributed by atoms with van der Waals surface area (Å²) in [6.45, 7) is 4.06. The van der Waals surface area contributed by atoms with Crippen LogP contribution in [0.2, 0.25) is 0 Å². The zero-order valence-electron chi connectivity index (χ0n) is 9.88. The molecule has 3 heteroatoms. The summed E-state index contributed by atoms with van der Waals surface area (Å²) in [5.41, 5.74) is 4.49. The molecule has 0 aliphatic heterocycles. The molecular weight excluding hydrogens is 210 g/mol. The third kappa shape index (κ3) is 1.60. The molecule has 0 aliphatic rings. The van der Waals surface area contributed by atoms with Crippen LogP contribution in [-0.4, -0.2) is 14.4 Å². The van der Waals surface area contributed by atoms with Crippen LogP contribution in [0.4, 0.5) is 0 Å². The van der Waals surface area contributed by atoms with Crippen molar-refractivity contribution in [1.82, 2.24) is 14.4 Å². The molecule has 0 amide bonds. The van der Waals surface area contributed by atoms with E-state index in [1.807, 2.05) is 37.5 Å². The van der Waals surface area contributed by atoms with Crippen molar-refractivity contribution in [3.63, 3.8) is 0 Å². The second-order valence-electron chi connectivity index (χ2n) is 4.21. The fourth-order valence-corrected chi connectivity index (χ4v) is 2.11. The molecule has 3 aromatic rings. The van der Waals surface area contributed by atoms with Gasteiger partial charge in [-0.1, -0.05) is 30.3 Å². The van der Waals surface area contributed by atoms with Crippen molar-refractivity contribution in [2.45, 2.75) is 13.8 Å². The number of aryl methyl sites for hydroxylation is 2. The zero-order valence-corrected chi connectivity index (χ0v) is 9.88. The fourth-order valence-electron chi connectivity index (χ4n) is 2.11. The smallest absolute Gasteiger partial charge is 0.234 e. The maximum absolute atomic E-state index is 4.39. The monoisotopic (exact) mass is 223 g/mol. The van der Waals surface area contributed by atoms with Crippen LogP contribution in [0, 0.1) is 13.8 Å². The van der Waals surface area contributed by atoms with Gasteiger partial charge < -0.3 is 0 Å². The maximum Gasteiger partial charge on any atom is 0.234 e. The summed E-state index contributed by atoms with van der Waals surface area (Å²) >= 11 is 0. The third-order valence-corrected chi connectivity index (χ3v) is 2.84. The van der Waals surface area contributed by atoms with Crippen LogP contribution in [-0.2, 0) is 0 Å². The van der Waals surface area contributed by atoms with Crippen LogP contribution < -0.4 is 0 Å². The van der Waals surface area contributed by atoms with Crippen LogP contribution in [0.5, 0.6) is 0 Å². The van der Waals surface area contributed by atoms with E-state index in [2.05, 4.69) is 33.4 Å². The van der Waals surface area contributed by atoms with E-state index in [1.165, 1.54) is 5.56 Å². The minimum atomic E-state index is 0.756. The van der Waals surface area contributed by atoms with E-state index in [9.17, 15) is 0 Å². The Hall–Kier alpha value is -2.16. The van der Waals surface area contributed by atoms with Gasteiger partial charge in [-0.05, 0) is 25.0 Å². The first-order chi connectivity index (χ1) is 8.25. The first kappa shape index (κ1) is 10.0. The van der Waals surface area contributed by atoms with E-state index in [1.54, 1.807) is 0 Å². The van der Waals surface area contributed by atoms with E-state index in [-0.39, 0.29) is 0 Å². The lowest BCUT2D eigenvalue weighted by atomic mass is 10.1. The van der Waals surface area contributed by atoms with Gasteiger partial charge in [0.25, 0.3) is 0 Å². The van der Waals surface area contributed by atoms with Crippen LogP contribution in [0.25, 0.3) is 17.0 Å². The van der Waals surface area contributed by atoms with Crippen LogP contribution >= 0.6 is 0 Å². The summed E-state index contributed by atoms with van der Waals surface area (Å²) in [6.07, 6.45) is 3.90. The molecule has 0 fully saturated rings. The molecule has 1 aromatic carbocycles. The SMILES string of the molecule is Cc1cn2c(-c3ccccc3)c(C)cnc2n1. The molecule has 0 spiro atoms. The van der Waals surface area contributed by atoms with E-state index in [4.69, 9.17) is 0 Å². The molecule has 2 heterocycles. The highest BCUT2D eigenvalue weighted by Crippen LogP contribution is 2.23. The Labute approximate surface area is 99.8 Å². The van der Waals surface area contributed by atoms with Gasteiger partial charge in [-0.25, -0.2) is 9.97 Å². The molecule has 0 unspecified atom stereocenters. The number of rotatable bonds is 1. The van der Waals surface area contributed by atoms with Crippen molar-refractivity contribution in [3.8, 4) is 11.3 Å². The van der Waals surface area contributed by atoms with Crippen molar-refractivity contribution in [3.05, 3.63) is 54.0 Å². The van der Waals surface area contributed by atoms with Gasteiger partial charge in [0.05, 0.1) is 11.4 Å². The van der Waals surface area contributed by atoms with Crippen molar-refractivity contribution in [2.24, 2.45) is 0 Å². The maximum atomic E-state index is 4.39. The summed E-state index contributed by atoms with van der Waals surface area (Å²) in [5, 5.41) is 0. The quantitative estimate of drug-likeness (QED) is 0.634. The summed E-state index contributed by atoms with van der Waals surface area (Å²) in [6, 6.07) is 10.3. The number of nitrogens with zero attached hydrogens (tertiary/aromatic N) is 3. The van der Waals surface area contributed by atoms with Gasteiger partial charge in [0, 0.05) is 12.4 Å². The van der Waals surface area contributed by atoms with Gasteiger partial charge in [-0.2, -0.15) is 0 Å². The molecule has 3 nitrogen and oxygen atoms in total. The van der Waals surface area contributed by atoms with Crippen molar-refractivity contribution < 1.29 is 0 Å². The van der Waals surface area contributed by atoms with E-state index < -0.39 is 0 Å². The van der Waals surface area contributed by atoms with Crippen LogP contribution in [0.1, 0.15) is 11.3 Å². The highest BCUT2D eigenvalue weighted by Gasteiger charge is 2.09. The normalized spacial score (nSPS) is 10.9. The van der Waals surface area contributed by atoms with Crippen molar-refractivity contribution >= 4 is 5.78 Å². The number of hydrogen-bond donors (Lipinski definition) is 0. The summed E-state index contributed by atoms with van der Waals surface area (Å²) in [7, 11) is 0. The number of fused-ring (bicyclic) bond motifs is 1. The number of imidazole rings is 1. The Morgan fingerprint density at radius 2 is 1.82 bits per heavy atom. The van der Waals surface area contributed by atoms with Gasteiger partial charge in [-0.3, -0.25) is 4.40 Å². The molecule has 0 aliphatic carbocycles. The molecule has 0 atom stereocenters. The fraction of sp³-hybridized carbons (Fsp3) is 0.143. The number of benzene rings is 1. The lowest BCUT2D eigenvalue weighted by Gasteiger charge is -2.08. The Kier molecular flexibility index (Phi) is 2.18. The minimum Gasteiger partial charge on any atom is -0.283 e. The molecule has 0 saturated carbocycles. The van der Waals surface area contributed by atoms with Crippen LogP contribution in [0.15, 0.2) is 42.7 Å². The second-order valence-corrected chi connectivity index (χ2v) is 4.21. The van der Waals surface area contributed by atoms with Crippen molar-refractivity contribution in [1.29, 1.82) is 0 Å². The van der Waals surface area contributed by atoms with Gasteiger partial charge >= 0.3 is 0 Å². The number of hydrogen-bond acceptors (Lipinski definition) is 2. The van der Waals surface area contributed by atoms with Gasteiger partial charge in [0.2, 0.25) is 5.78 Å². The molecule has 0 bridgehead atoms. The Morgan fingerprint density at radius 3 is 2.59 bits per heavy atom. The van der Waals surface area contributed by atoms with E-state index >= 15 is 0 Å². The molecule has 3 rings (SSSR count). The molecule has 0 N–H and O–H groups in total. The number of aromatic nitrogens is 3. The van der Waals surface area contributed by atoms with E-state index in [0.29, 0.717) is 0 Å². The average Bonchev–Trinajstić information content (AvgIpc) is 2.70. The molecule has 2 aromatic heterocycles. The topological polar surface area (TPSA) is 30.2 Å². The molecule has 17 heavy (non-hydrogen) atoms. The third-order valence-electron chi connectivity index (χ3n) is 2.84. The Bertz CT molecular complexity index is 669. The standard InChI is InChI=1S/C14H13N3/c1-10-8-15-14-16-11(2)9-17(14)13(10)12-6-4-3-5-7-12/h3-9H,1-2H3. The molecule has 0 saturated heterocycles. The molecule has 84 valence electrons. The summed E-state index contributed by atoms with van der Waals surface area (Å²) in [5.74, 6) is 0.756. The summed E-state index contributed by atoms with van der Waals surface area (Å²) in [4.78, 5) is 8.73. The lowest BCUT2D eigenvalue weighted by molar-refractivity contribution is 1.09. The molecular formula is C14H13N3. The molecule has 0 radical (unpaired) electrons. The van der Waals surface area contributed by atoms with Crippen LogP contribution in [0.3, 0.4) is 0 Å². The van der Waals surface area contributed by atoms with Gasteiger partial charge in [0.1, 0.15) is 0 Å². The lowest BCUT2D eigenvalue weighted by Crippen LogP contribution is -1.96. The first-order valence-electron chi connectivity index (χ1n) is 5.62. The predicted octanol–water partition coefficient (Wildman–Crippen LogP) is 3.01. The van der Waals surface area contributed by atoms with E-state index in [0.717, 1.165) is 22.7 Å².